The Bertz CT molecular complexity index is 273. The van der Waals surface area contributed by atoms with E-state index in [1.165, 1.54) is 15.3 Å². The number of hydrogen-bond donors (Lipinski definition) is 0. The van der Waals surface area contributed by atoms with E-state index >= 15 is 0 Å². The van der Waals surface area contributed by atoms with Gasteiger partial charge >= 0.3 is 0 Å². The molecular formula is C9H7S+. The molecule has 0 bridgehead atoms. The lowest BCUT2D eigenvalue weighted by Gasteiger charge is -1.81. The molecule has 0 unspecified atom stereocenters. The Morgan fingerprint density at radius 3 is 3.20 bits per heavy atom. The molecule has 0 saturated carbocycles. The van der Waals surface area contributed by atoms with Crippen molar-refractivity contribution in [3.63, 3.8) is 0 Å². The molecule has 0 aromatic carbocycles. The van der Waals surface area contributed by atoms with Gasteiger partial charge in [-0.3, -0.25) is 0 Å². The van der Waals surface area contributed by atoms with Crippen molar-refractivity contribution >= 4 is 23.5 Å². The maximum Gasteiger partial charge on any atom is 0.146 e. The van der Waals surface area contributed by atoms with E-state index in [2.05, 4.69) is 25.1 Å². The van der Waals surface area contributed by atoms with E-state index in [9.17, 15) is 0 Å². The highest BCUT2D eigenvalue weighted by atomic mass is 32.1. The molecule has 0 amide bonds. The van der Waals surface area contributed by atoms with E-state index < -0.39 is 0 Å². The molecule has 10 heavy (non-hydrogen) atoms. The van der Waals surface area contributed by atoms with Crippen molar-refractivity contribution in [3.8, 4) is 0 Å². The van der Waals surface area contributed by atoms with Crippen LogP contribution in [0.15, 0.2) is 12.1 Å². The van der Waals surface area contributed by atoms with Crippen LogP contribution >= 0.6 is 11.3 Å². The number of hydrogen-bond acceptors (Lipinski definition) is 1. The van der Waals surface area contributed by atoms with Crippen LogP contribution in [0.2, 0.25) is 0 Å². The van der Waals surface area contributed by atoms with Crippen molar-refractivity contribution in [2.24, 2.45) is 0 Å². The van der Waals surface area contributed by atoms with Crippen molar-refractivity contribution in [1.29, 1.82) is 0 Å². The molecule has 48 valence electrons. The average molecular weight is 147 g/mol. The first-order chi connectivity index (χ1) is 4.86. The molecule has 0 N–H and O–H groups in total. The topological polar surface area (TPSA) is 0 Å². The van der Waals surface area contributed by atoms with Gasteiger partial charge in [0.15, 0.2) is 0 Å². The van der Waals surface area contributed by atoms with Crippen molar-refractivity contribution in [1.82, 2.24) is 0 Å². The maximum absolute atomic E-state index is 3.06. The summed E-state index contributed by atoms with van der Waals surface area (Å²) in [6.45, 7) is 2.13. The van der Waals surface area contributed by atoms with Crippen molar-refractivity contribution in [3.05, 3.63) is 33.5 Å². The van der Waals surface area contributed by atoms with E-state index in [4.69, 9.17) is 0 Å². The summed E-state index contributed by atoms with van der Waals surface area (Å²) in [4.78, 5) is 2.73. The Balaban J connectivity index is 2.64. The molecule has 1 aromatic heterocycles. The summed E-state index contributed by atoms with van der Waals surface area (Å²) in [5.74, 6) is 0. The molecule has 1 aliphatic rings. The maximum atomic E-state index is 3.06. The minimum atomic E-state index is 1.31. The van der Waals surface area contributed by atoms with Gasteiger partial charge in [0.2, 0.25) is 0 Å². The molecule has 0 spiro atoms. The Morgan fingerprint density at radius 2 is 2.40 bits per heavy atom. The highest BCUT2D eigenvalue weighted by molar-refractivity contribution is 7.13. The van der Waals surface area contributed by atoms with Gasteiger partial charge in [-0.1, -0.05) is 0 Å². The van der Waals surface area contributed by atoms with Crippen LogP contribution in [0.5, 0.6) is 0 Å². The molecule has 0 saturated heterocycles. The zero-order valence-electron chi connectivity index (χ0n) is 5.72. The van der Waals surface area contributed by atoms with Crippen LogP contribution in [-0.2, 0) is 0 Å². The highest BCUT2D eigenvalue weighted by Crippen LogP contribution is 2.26. The van der Waals surface area contributed by atoms with Crippen molar-refractivity contribution in [2.75, 3.05) is 0 Å². The van der Waals surface area contributed by atoms with Gasteiger partial charge in [-0.25, -0.2) is 0 Å². The summed E-state index contributed by atoms with van der Waals surface area (Å²) in [6, 6.07) is 2.19. The Kier molecular flexibility index (Phi) is 1.20. The monoisotopic (exact) mass is 147 g/mol. The molecule has 0 atom stereocenters. The predicted molar refractivity (Wildman–Crippen MR) is 45.8 cm³/mol. The number of allylic oxidation sites excluding steroid dienone is 2. The van der Waals surface area contributed by atoms with Gasteiger partial charge in [-0.15, -0.1) is 11.3 Å². The standard InChI is InChI=1S/C9H7S/c1-7-6-8-4-2-3-5-9(8)10-7/h3-6H,1H3/q+1. The Hall–Kier alpha value is -0.910. The van der Waals surface area contributed by atoms with E-state index in [0.29, 0.717) is 0 Å². The minimum absolute atomic E-state index is 1.31. The quantitative estimate of drug-likeness (QED) is 0.495. The zero-order chi connectivity index (χ0) is 6.97. The van der Waals surface area contributed by atoms with E-state index in [-0.39, 0.29) is 0 Å². The molecule has 1 aliphatic carbocycles. The van der Waals surface area contributed by atoms with Crippen LogP contribution in [0, 0.1) is 13.0 Å². The average Bonchev–Trinajstić information content (AvgIpc) is 2.27. The van der Waals surface area contributed by atoms with Gasteiger partial charge < -0.3 is 0 Å². The second-order valence-corrected chi connectivity index (χ2v) is 3.61. The summed E-state index contributed by atoms with van der Waals surface area (Å²) in [5, 5.41) is 0. The van der Waals surface area contributed by atoms with Gasteiger partial charge in [0.25, 0.3) is 0 Å². The summed E-state index contributed by atoms with van der Waals surface area (Å²) < 4.78 is 0. The third-order valence-corrected chi connectivity index (χ3v) is 2.52. The number of rotatable bonds is 0. The largest absolute Gasteiger partial charge is 0.146 e. The molecule has 2 rings (SSSR count). The van der Waals surface area contributed by atoms with Gasteiger partial charge in [0.1, 0.15) is 22.6 Å². The second kappa shape index (κ2) is 2.05. The first kappa shape index (κ1) is 5.84. The molecule has 1 heterocycles. The Labute approximate surface area is 64.5 Å². The van der Waals surface area contributed by atoms with Crippen molar-refractivity contribution < 1.29 is 0 Å². The van der Waals surface area contributed by atoms with E-state index in [0.717, 1.165) is 0 Å². The molecule has 0 fully saturated rings. The smallest absolute Gasteiger partial charge is 0.111 e. The molecule has 0 nitrogen and oxygen atoms in total. The van der Waals surface area contributed by atoms with Crippen LogP contribution in [0.3, 0.4) is 0 Å². The van der Waals surface area contributed by atoms with Gasteiger partial charge in [0.05, 0.1) is 6.08 Å². The lowest BCUT2D eigenvalue weighted by molar-refractivity contribution is 1.62. The van der Waals surface area contributed by atoms with Crippen molar-refractivity contribution in [2.45, 2.75) is 6.92 Å². The first-order valence-electron chi connectivity index (χ1n) is 3.22. The van der Waals surface area contributed by atoms with Crippen LogP contribution in [0.4, 0.5) is 0 Å². The van der Waals surface area contributed by atoms with Crippen LogP contribution in [0.1, 0.15) is 15.3 Å². The van der Waals surface area contributed by atoms with Gasteiger partial charge in [0, 0.05) is 17.0 Å². The third kappa shape index (κ3) is 0.804. The zero-order valence-corrected chi connectivity index (χ0v) is 6.53. The fourth-order valence-electron chi connectivity index (χ4n) is 1.06. The van der Waals surface area contributed by atoms with Gasteiger partial charge in [-0.05, 0) is 6.92 Å². The molecule has 1 heteroatoms. The fourth-order valence-corrected chi connectivity index (χ4v) is 1.96. The minimum Gasteiger partial charge on any atom is -0.111 e. The summed E-state index contributed by atoms with van der Waals surface area (Å²) >= 11 is 1.83. The molecule has 1 aromatic rings. The molecule has 0 radical (unpaired) electrons. The van der Waals surface area contributed by atoms with E-state index in [1.54, 1.807) is 0 Å². The normalized spacial score (nSPS) is 12.9. The molecule has 0 aliphatic heterocycles. The first-order valence-corrected chi connectivity index (χ1v) is 4.04. The van der Waals surface area contributed by atoms with Crippen LogP contribution < -0.4 is 0 Å². The van der Waals surface area contributed by atoms with E-state index in [1.807, 2.05) is 23.5 Å². The number of thiophene rings is 1. The summed E-state index contributed by atoms with van der Waals surface area (Å²) in [6.07, 6.45) is 9.14. The second-order valence-electron chi connectivity index (χ2n) is 2.32. The third-order valence-electron chi connectivity index (χ3n) is 1.48. The summed E-state index contributed by atoms with van der Waals surface area (Å²) in [7, 11) is 0. The summed E-state index contributed by atoms with van der Waals surface area (Å²) in [5.41, 5.74) is 1.31. The van der Waals surface area contributed by atoms with Gasteiger partial charge in [-0.2, -0.15) is 0 Å². The van der Waals surface area contributed by atoms with Crippen LogP contribution in [0.25, 0.3) is 12.2 Å². The lowest BCUT2D eigenvalue weighted by Crippen LogP contribution is -1.72. The predicted octanol–water partition coefficient (Wildman–Crippen LogP) is 2.90. The van der Waals surface area contributed by atoms with Crippen LogP contribution in [-0.4, -0.2) is 0 Å². The number of fused-ring (bicyclic) bond motifs is 1. The lowest BCUT2D eigenvalue weighted by atomic mass is 10.1. The number of aryl methyl sites for hydroxylation is 1. The highest BCUT2D eigenvalue weighted by Gasteiger charge is 2.11. The molecular weight excluding hydrogens is 140 g/mol. The fraction of sp³-hybridized carbons (Fsp3) is 0.111. The SMILES string of the molecule is Cc1cc2c(s1)C=C[C+]=C2. The Morgan fingerprint density at radius 1 is 1.50 bits per heavy atom.